The second-order valence-corrected chi connectivity index (χ2v) is 4.93. The maximum Gasteiger partial charge on any atom is 0.168 e. The molecule has 2 N–H and O–H groups in total. The summed E-state index contributed by atoms with van der Waals surface area (Å²) < 4.78 is 27.0. The van der Waals surface area contributed by atoms with Crippen molar-refractivity contribution in [3.8, 4) is 0 Å². The highest BCUT2D eigenvalue weighted by atomic mass is 19.1. The lowest BCUT2D eigenvalue weighted by molar-refractivity contribution is 0.577. The molecule has 100 valence electrons. The summed E-state index contributed by atoms with van der Waals surface area (Å²) in [5.74, 6) is 0.245. The van der Waals surface area contributed by atoms with E-state index in [-0.39, 0.29) is 11.6 Å². The van der Waals surface area contributed by atoms with E-state index >= 15 is 0 Å². The lowest BCUT2D eigenvalue weighted by atomic mass is 10.3. The molecule has 5 heteroatoms. The third-order valence-corrected chi connectivity index (χ3v) is 3.28. The van der Waals surface area contributed by atoms with Gasteiger partial charge in [-0.2, -0.15) is 0 Å². The molecule has 1 aromatic rings. The van der Waals surface area contributed by atoms with Gasteiger partial charge in [0.1, 0.15) is 0 Å². The molecule has 0 radical (unpaired) electrons. The fourth-order valence-electron chi connectivity index (χ4n) is 1.87. The second kappa shape index (κ2) is 5.50. The van der Waals surface area contributed by atoms with Crippen LogP contribution in [0, 0.1) is 23.5 Å². The summed E-state index contributed by atoms with van der Waals surface area (Å²) in [5.41, 5.74) is 0. The first-order valence-corrected chi connectivity index (χ1v) is 6.45. The van der Waals surface area contributed by atoms with Crippen LogP contribution >= 0.6 is 0 Å². The van der Waals surface area contributed by atoms with Crippen molar-refractivity contribution >= 4 is 11.6 Å². The van der Waals surface area contributed by atoms with Gasteiger partial charge < -0.3 is 10.6 Å². The molecular weight excluding hydrogens is 236 g/mol. The molecule has 0 saturated heterocycles. The first-order chi connectivity index (χ1) is 8.61. The highest BCUT2D eigenvalue weighted by molar-refractivity contribution is 5.47. The van der Waals surface area contributed by atoms with Gasteiger partial charge in [0, 0.05) is 19.2 Å². The molecule has 0 amide bonds. The van der Waals surface area contributed by atoms with Gasteiger partial charge in [-0.25, -0.2) is 13.8 Å². The smallest absolute Gasteiger partial charge is 0.168 e. The SMILES string of the molecule is CCCNc1nc(NCC2CC2C)c(F)cc1F. The number of hydrogen-bond acceptors (Lipinski definition) is 3. The van der Waals surface area contributed by atoms with E-state index < -0.39 is 11.6 Å². The van der Waals surface area contributed by atoms with Crippen LogP contribution in [0.1, 0.15) is 26.7 Å². The lowest BCUT2D eigenvalue weighted by Gasteiger charge is -2.10. The molecule has 0 bridgehead atoms. The number of nitrogens with one attached hydrogen (secondary N) is 2. The molecule has 0 spiro atoms. The van der Waals surface area contributed by atoms with Crippen LogP contribution in [0.5, 0.6) is 0 Å². The molecule has 1 fully saturated rings. The Bertz CT molecular complexity index is 423. The quantitative estimate of drug-likeness (QED) is 0.819. The van der Waals surface area contributed by atoms with Crippen LogP contribution in [0.25, 0.3) is 0 Å². The van der Waals surface area contributed by atoms with Crippen LogP contribution in [0.3, 0.4) is 0 Å². The van der Waals surface area contributed by atoms with E-state index in [1.165, 1.54) is 0 Å². The summed E-state index contributed by atoms with van der Waals surface area (Å²) >= 11 is 0. The summed E-state index contributed by atoms with van der Waals surface area (Å²) in [6.45, 7) is 5.45. The van der Waals surface area contributed by atoms with E-state index in [0.717, 1.165) is 18.9 Å². The van der Waals surface area contributed by atoms with Gasteiger partial charge >= 0.3 is 0 Å². The highest BCUT2D eigenvalue weighted by Gasteiger charge is 2.32. The Morgan fingerprint density at radius 2 is 1.89 bits per heavy atom. The molecule has 3 nitrogen and oxygen atoms in total. The molecule has 1 saturated carbocycles. The van der Waals surface area contributed by atoms with Gasteiger partial charge in [0.05, 0.1) is 0 Å². The predicted octanol–water partition coefficient (Wildman–Crippen LogP) is 3.25. The van der Waals surface area contributed by atoms with Crippen LogP contribution in [0.15, 0.2) is 6.07 Å². The van der Waals surface area contributed by atoms with Gasteiger partial charge in [-0.1, -0.05) is 13.8 Å². The molecule has 2 atom stereocenters. The fraction of sp³-hybridized carbons (Fsp3) is 0.615. The molecule has 1 aromatic heterocycles. The normalized spacial score (nSPS) is 21.8. The average Bonchev–Trinajstić information content (AvgIpc) is 3.03. The molecular formula is C13H19F2N3. The minimum atomic E-state index is -0.647. The van der Waals surface area contributed by atoms with E-state index in [1.54, 1.807) is 0 Å². The Labute approximate surface area is 106 Å². The van der Waals surface area contributed by atoms with Gasteiger partial charge in [0.15, 0.2) is 23.3 Å². The molecule has 1 aliphatic rings. The van der Waals surface area contributed by atoms with E-state index in [2.05, 4.69) is 22.5 Å². The van der Waals surface area contributed by atoms with E-state index in [1.807, 2.05) is 6.92 Å². The maximum absolute atomic E-state index is 13.5. The van der Waals surface area contributed by atoms with Crippen molar-refractivity contribution < 1.29 is 8.78 Å². The Hall–Kier alpha value is -1.39. The van der Waals surface area contributed by atoms with Crippen molar-refractivity contribution in [2.45, 2.75) is 26.7 Å². The van der Waals surface area contributed by atoms with E-state index in [0.29, 0.717) is 24.9 Å². The first-order valence-electron chi connectivity index (χ1n) is 6.45. The molecule has 1 heterocycles. The van der Waals surface area contributed by atoms with E-state index in [9.17, 15) is 8.78 Å². The van der Waals surface area contributed by atoms with Crippen molar-refractivity contribution in [1.82, 2.24) is 4.98 Å². The zero-order valence-electron chi connectivity index (χ0n) is 10.8. The number of anilines is 2. The molecule has 18 heavy (non-hydrogen) atoms. The Morgan fingerprint density at radius 3 is 2.44 bits per heavy atom. The fourth-order valence-corrected chi connectivity index (χ4v) is 1.87. The molecule has 1 aliphatic carbocycles. The highest BCUT2D eigenvalue weighted by Crippen LogP contribution is 2.37. The van der Waals surface area contributed by atoms with Crippen molar-refractivity contribution in [3.63, 3.8) is 0 Å². The van der Waals surface area contributed by atoms with Gasteiger partial charge in [0.25, 0.3) is 0 Å². The third-order valence-electron chi connectivity index (χ3n) is 3.28. The zero-order chi connectivity index (χ0) is 13.1. The monoisotopic (exact) mass is 255 g/mol. The summed E-state index contributed by atoms with van der Waals surface area (Å²) in [6, 6.07) is 0.879. The van der Waals surface area contributed by atoms with Crippen LogP contribution in [0.4, 0.5) is 20.4 Å². The number of hydrogen-bond donors (Lipinski definition) is 2. The number of halogens is 2. The third kappa shape index (κ3) is 3.09. The number of aromatic nitrogens is 1. The summed E-state index contributed by atoms with van der Waals surface area (Å²) in [5, 5.41) is 5.81. The Morgan fingerprint density at radius 1 is 1.28 bits per heavy atom. The maximum atomic E-state index is 13.5. The first kappa shape index (κ1) is 13.1. The topological polar surface area (TPSA) is 37.0 Å². The Balaban J connectivity index is 2.03. The Kier molecular flexibility index (Phi) is 3.99. The van der Waals surface area contributed by atoms with Crippen molar-refractivity contribution in [2.75, 3.05) is 23.7 Å². The largest absolute Gasteiger partial charge is 0.368 e. The van der Waals surface area contributed by atoms with Crippen LogP contribution < -0.4 is 10.6 Å². The number of rotatable bonds is 6. The summed E-state index contributed by atoms with van der Waals surface area (Å²) in [7, 11) is 0. The minimum Gasteiger partial charge on any atom is -0.368 e. The second-order valence-electron chi connectivity index (χ2n) is 4.93. The van der Waals surface area contributed by atoms with E-state index in [4.69, 9.17) is 0 Å². The lowest BCUT2D eigenvalue weighted by Crippen LogP contribution is -2.11. The molecule has 0 aliphatic heterocycles. The van der Waals surface area contributed by atoms with Crippen LogP contribution in [0.2, 0.25) is 0 Å². The van der Waals surface area contributed by atoms with Gasteiger partial charge in [-0.15, -0.1) is 0 Å². The molecule has 2 rings (SSSR count). The number of nitrogens with zero attached hydrogens (tertiary/aromatic N) is 1. The van der Waals surface area contributed by atoms with Crippen LogP contribution in [-0.4, -0.2) is 18.1 Å². The van der Waals surface area contributed by atoms with Gasteiger partial charge in [-0.05, 0) is 24.7 Å². The summed E-state index contributed by atoms with van der Waals surface area (Å²) in [4.78, 5) is 3.96. The van der Waals surface area contributed by atoms with Crippen LogP contribution in [-0.2, 0) is 0 Å². The van der Waals surface area contributed by atoms with Gasteiger partial charge in [0.2, 0.25) is 0 Å². The number of pyridine rings is 1. The minimum absolute atomic E-state index is 0.115. The van der Waals surface area contributed by atoms with Crippen molar-refractivity contribution in [2.24, 2.45) is 11.8 Å². The molecule has 0 aromatic carbocycles. The predicted molar refractivity (Wildman–Crippen MR) is 68.7 cm³/mol. The van der Waals surface area contributed by atoms with Crippen molar-refractivity contribution in [3.05, 3.63) is 17.7 Å². The standard InChI is InChI=1S/C13H19F2N3/c1-3-4-16-12-10(14)6-11(15)13(18-12)17-7-9-5-8(9)2/h6,8-9H,3-5,7H2,1-2H3,(H2,16,17,18). The average molecular weight is 255 g/mol. The zero-order valence-corrected chi connectivity index (χ0v) is 10.8. The van der Waals surface area contributed by atoms with Gasteiger partial charge in [-0.3, -0.25) is 0 Å². The van der Waals surface area contributed by atoms with Crippen molar-refractivity contribution in [1.29, 1.82) is 0 Å². The summed E-state index contributed by atoms with van der Waals surface area (Å²) in [6.07, 6.45) is 2.03. The molecule has 2 unspecified atom stereocenters.